The zero-order valence-electron chi connectivity index (χ0n) is 4.93. The van der Waals surface area contributed by atoms with E-state index in [9.17, 15) is 4.79 Å². The van der Waals surface area contributed by atoms with E-state index in [1.54, 1.807) is 11.8 Å². The van der Waals surface area contributed by atoms with Gasteiger partial charge in [0.25, 0.3) is 0 Å². The molecule has 1 atom stereocenters. The van der Waals surface area contributed by atoms with Crippen LogP contribution in [0.5, 0.6) is 0 Å². The van der Waals surface area contributed by atoms with Gasteiger partial charge in [0.1, 0.15) is 0 Å². The summed E-state index contributed by atoms with van der Waals surface area (Å²) in [6, 6.07) is 0. The maximum absolute atomic E-state index is 10.3. The van der Waals surface area contributed by atoms with Crippen LogP contribution >= 0.6 is 11.8 Å². The van der Waals surface area contributed by atoms with Crippen LogP contribution in [0.25, 0.3) is 0 Å². The largest absolute Gasteiger partial charge is 0.448 e. The molecule has 1 aliphatic heterocycles. The summed E-state index contributed by atoms with van der Waals surface area (Å²) in [7, 11) is 0. The standard InChI is InChI=1S/C5H8O2S/c1-4(6)7-5(2)3-8-5/h3H2,1-2H3. The van der Waals surface area contributed by atoms with Gasteiger partial charge in [-0.15, -0.1) is 11.8 Å². The Balaban J connectivity index is 2.29. The van der Waals surface area contributed by atoms with Gasteiger partial charge in [0.2, 0.25) is 0 Å². The molecule has 0 aromatic carbocycles. The molecular formula is C5H8O2S. The third kappa shape index (κ3) is 1.40. The lowest BCUT2D eigenvalue weighted by Crippen LogP contribution is -2.12. The monoisotopic (exact) mass is 132 g/mol. The van der Waals surface area contributed by atoms with Gasteiger partial charge in [-0.2, -0.15) is 0 Å². The highest BCUT2D eigenvalue weighted by atomic mass is 32.2. The Hall–Kier alpha value is -0.180. The maximum Gasteiger partial charge on any atom is 0.304 e. The highest BCUT2D eigenvalue weighted by molar-refractivity contribution is 8.07. The molecule has 8 heavy (non-hydrogen) atoms. The van der Waals surface area contributed by atoms with Gasteiger partial charge < -0.3 is 4.74 Å². The Morgan fingerprint density at radius 2 is 2.38 bits per heavy atom. The van der Waals surface area contributed by atoms with Crippen molar-refractivity contribution in [1.82, 2.24) is 0 Å². The van der Waals surface area contributed by atoms with Crippen molar-refractivity contribution in [3.05, 3.63) is 0 Å². The summed E-state index contributed by atoms with van der Waals surface area (Å²) >= 11 is 1.66. The molecule has 0 amide bonds. The van der Waals surface area contributed by atoms with Crippen molar-refractivity contribution in [1.29, 1.82) is 0 Å². The number of esters is 1. The molecule has 0 radical (unpaired) electrons. The first-order valence-corrected chi connectivity index (χ1v) is 3.44. The fourth-order valence-corrected chi connectivity index (χ4v) is 0.903. The Labute approximate surface area is 52.6 Å². The number of carbonyl (C=O) groups excluding carboxylic acids is 1. The SMILES string of the molecule is CC(=O)OC1(C)CS1. The van der Waals surface area contributed by atoms with Crippen molar-refractivity contribution in [3.8, 4) is 0 Å². The molecule has 1 heterocycles. The summed E-state index contributed by atoms with van der Waals surface area (Å²) in [6.07, 6.45) is 0. The van der Waals surface area contributed by atoms with Crippen LogP contribution in [0.2, 0.25) is 0 Å². The molecule has 2 nitrogen and oxygen atoms in total. The summed E-state index contributed by atoms with van der Waals surface area (Å²) in [6.45, 7) is 3.35. The van der Waals surface area contributed by atoms with Crippen molar-refractivity contribution in [2.75, 3.05) is 5.75 Å². The lowest BCUT2D eigenvalue weighted by Gasteiger charge is -2.04. The molecular weight excluding hydrogens is 124 g/mol. The van der Waals surface area contributed by atoms with Crippen molar-refractivity contribution in [3.63, 3.8) is 0 Å². The highest BCUT2D eigenvalue weighted by Gasteiger charge is 2.42. The molecule has 46 valence electrons. The lowest BCUT2D eigenvalue weighted by molar-refractivity contribution is -0.144. The summed E-state index contributed by atoms with van der Waals surface area (Å²) in [5, 5.41) is 0. The van der Waals surface area contributed by atoms with Crippen LogP contribution < -0.4 is 0 Å². The van der Waals surface area contributed by atoms with Crippen molar-refractivity contribution in [2.45, 2.75) is 18.8 Å². The molecule has 0 aromatic rings. The van der Waals surface area contributed by atoms with E-state index < -0.39 is 0 Å². The normalized spacial score (nSPS) is 34.2. The zero-order valence-corrected chi connectivity index (χ0v) is 5.75. The van der Waals surface area contributed by atoms with E-state index in [0.29, 0.717) is 0 Å². The minimum atomic E-state index is -0.183. The first-order valence-electron chi connectivity index (χ1n) is 2.46. The van der Waals surface area contributed by atoms with Crippen molar-refractivity contribution in [2.24, 2.45) is 0 Å². The maximum atomic E-state index is 10.3. The average molecular weight is 132 g/mol. The first-order chi connectivity index (χ1) is 3.62. The van der Waals surface area contributed by atoms with Crippen LogP contribution in [-0.4, -0.2) is 16.7 Å². The molecule has 0 bridgehead atoms. The molecule has 1 saturated heterocycles. The van der Waals surface area contributed by atoms with Crippen LogP contribution in [0.1, 0.15) is 13.8 Å². The third-order valence-corrected chi connectivity index (χ3v) is 2.10. The topological polar surface area (TPSA) is 26.3 Å². The summed E-state index contributed by atoms with van der Waals surface area (Å²) in [5.41, 5.74) is 0. The third-order valence-electron chi connectivity index (χ3n) is 0.910. The molecule has 0 saturated carbocycles. The van der Waals surface area contributed by atoms with E-state index >= 15 is 0 Å². The number of ether oxygens (including phenoxy) is 1. The van der Waals surface area contributed by atoms with Gasteiger partial charge in [0, 0.05) is 12.7 Å². The molecule has 0 aliphatic carbocycles. The van der Waals surface area contributed by atoms with Crippen LogP contribution in [0.4, 0.5) is 0 Å². The first kappa shape index (κ1) is 5.95. The van der Waals surface area contributed by atoms with Gasteiger partial charge in [0.05, 0.1) is 0 Å². The molecule has 0 N–H and O–H groups in total. The zero-order chi connectivity index (χ0) is 6.20. The number of rotatable bonds is 1. The van der Waals surface area contributed by atoms with Crippen LogP contribution in [-0.2, 0) is 9.53 Å². The average Bonchev–Trinajstić information content (AvgIpc) is 2.17. The van der Waals surface area contributed by atoms with Crippen molar-refractivity contribution < 1.29 is 9.53 Å². The Morgan fingerprint density at radius 1 is 1.88 bits per heavy atom. The Kier molecular flexibility index (Phi) is 1.23. The van der Waals surface area contributed by atoms with E-state index in [4.69, 9.17) is 4.74 Å². The number of carbonyl (C=O) groups is 1. The van der Waals surface area contributed by atoms with Crippen LogP contribution in [0, 0.1) is 0 Å². The van der Waals surface area contributed by atoms with Crippen LogP contribution in [0.15, 0.2) is 0 Å². The second-order valence-electron chi connectivity index (χ2n) is 2.02. The molecule has 3 heteroatoms. The second kappa shape index (κ2) is 1.65. The highest BCUT2D eigenvalue weighted by Crippen LogP contribution is 2.44. The molecule has 1 aliphatic rings. The predicted octanol–water partition coefficient (Wildman–Crippen LogP) is 1.01. The number of hydrogen-bond donors (Lipinski definition) is 0. The van der Waals surface area contributed by atoms with E-state index in [2.05, 4.69) is 0 Å². The molecule has 0 spiro atoms. The van der Waals surface area contributed by atoms with E-state index in [-0.39, 0.29) is 10.9 Å². The summed E-state index contributed by atoms with van der Waals surface area (Å²) in [4.78, 5) is 10.1. The van der Waals surface area contributed by atoms with Crippen LogP contribution in [0.3, 0.4) is 0 Å². The minimum Gasteiger partial charge on any atom is -0.448 e. The fraction of sp³-hybridized carbons (Fsp3) is 0.800. The van der Waals surface area contributed by atoms with Gasteiger partial charge in [-0.1, -0.05) is 0 Å². The molecule has 1 rings (SSSR count). The molecule has 1 unspecified atom stereocenters. The van der Waals surface area contributed by atoms with Gasteiger partial charge in [0.15, 0.2) is 4.93 Å². The van der Waals surface area contributed by atoms with E-state index in [1.807, 2.05) is 6.92 Å². The van der Waals surface area contributed by atoms with Gasteiger partial charge in [-0.05, 0) is 6.92 Å². The number of hydrogen-bond acceptors (Lipinski definition) is 3. The predicted molar refractivity (Wildman–Crippen MR) is 32.6 cm³/mol. The van der Waals surface area contributed by atoms with Gasteiger partial charge in [-0.25, -0.2) is 0 Å². The summed E-state index contributed by atoms with van der Waals surface area (Å²) < 4.78 is 4.87. The Bertz CT molecular complexity index is 118. The fourth-order valence-electron chi connectivity index (χ4n) is 0.465. The smallest absolute Gasteiger partial charge is 0.304 e. The van der Waals surface area contributed by atoms with Gasteiger partial charge >= 0.3 is 5.97 Å². The summed E-state index contributed by atoms with van der Waals surface area (Å²) in [5.74, 6) is 0.768. The van der Waals surface area contributed by atoms with E-state index in [0.717, 1.165) is 5.75 Å². The van der Waals surface area contributed by atoms with E-state index in [1.165, 1.54) is 6.92 Å². The molecule has 0 aromatic heterocycles. The van der Waals surface area contributed by atoms with Gasteiger partial charge in [-0.3, -0.25) is 4.79 Å². The quantitative estimate of drug-likeness (QED) is 0.393. The minimum absolute atomic E-state index is 0.161. The van der Waals surface area contributed by atoms with Crippen molar-refractivity contribution >= 4 is 17.7 Å². The second-order valence-corrected chi connectivity index (χ2v) is 3.46. The Morgan fingerprint density at radius 3 is 2.50 bits per heavy atom. The number of thioether (sulfide) groups is 1. The molecule has 1 fully saturated rings. The lowest BCUT2D eigenvalue weighted by atomic mass is 10.5.